The van der Waals surface area contributed by atoms with Crippen LogP contribution in [0.5, 0.6) is 0 Å². The number of pyridine rings is 1. The van der Waals surface area contributed by atoms with E-state index in [1.165, 1.54) is 18.4 Å². The molecule has 0 aliphatic heterocycles. The molecule has 0 fully saturated rings. The third kappa shape index (κ3) is 2.29. The van der Waals surface area contributed by atoms with Gasteiger partial charge < -0.3 is 10.2 Å². The molecule has 0 amide bonds. The molecule has 4 nitrogen and oxygen atoms in total. The highest BCUT2D eigenvalue weighted by Crippen LogP contribution is 2.34. The van der Waals surface area contributed by atoms with Crippen molar-refractivity contribution >= 4 is 5.82 Å². The number of nitriles is 1. The molecule has 0 aliphatic rings. The van der Waals surface area contributed by atoms with Crippen LogP contribution in [-0.2, 0) is 0 Å². The van der Waals surface area contributed by atoms with E-state index >= 15 is 0 Å². The van der Waals surface area contributed by atoms with Gasteiger partial charge in [-0.15, -0.1) is 0 Å². The van der Waals surface area contributed by atoms with Crippen molar-refractivity contribution in [2.75, 3.05) is 5.73 Å². The molecule has 3 aromatic rings. The van der Waals surface area contributed by atoms with E-state index in [1.54, 1.807) is 12.1 Å². The van der Waals surface area contributed by atoms with E-state index in [1.807, 2.05) is 6.07 Å². The summed E-state index contributed by atoms with van der Waals surface area (Å²) < 4.78 is 32.5. The Morgan fingerprint density at radius 3 is 2.59 bits per heavy atom. The molecule has 1 aromatic carbocycles. The minimum absolute atomic E-state index is 0.0140. The fourth-order valence-electron chi connectivity index (χ4n) is 2.13. The molecule has 2 heterocycles. The van der Waals surface area contributed by atoms with Crippen molar-refractivity contribution < 1.29 is 13.2 Å². The highest BCUT2D eigenvalue weighted by Gasteiger charge is 2.18. The molecule has 0 saturated carbocycles. The van der Waals surface area contributed by atoms with Crippen LogP contribution >= 0.6 is 0 Å². The molecule has 22 heavy (non-hydrogen) atoms. The summed E-state index contributed by atoms with van der Waals surface area (Å²) >= 11 is 0. The SMILES string of the molecule is N#Cc1cc(-c2ccc(F)cc2F)c(-c2ccco2)nc1N. The normalized spacial score (nSPS) is 10.4. The zero-order valence-electron chi connectivity index (χ0n) is 11.2. The van der Waals surface area contributed by atoms with Crippen molar-refractivity contribution in [3.05, 3.63) is 59.9 Å². The lowest BCUT2D eigenvalue weighted by molar-refractivity contribution is 0.579. The van der Waals surface area contributed by atoms with E-state index in [9.17, 15) is 8.78 Å². The lowest BCUT2D eigenvalue weighted by Gasteiger charge is -2.10. The number of nitrogen functional groups attached to an aromatic ring is 1. The number of aromatic nitrogens is 1. The van der Waals surface area contributed by atoms with Crippen LogP contribution in [0.15, 0.2) is 47.1 Å². The van der Waals surface area contributed by atoms with E-state index in [4.69, 9.17) is 15.4 Å². The highest BCUT2D eigenvalue weighted by molar-refractivity contribution is 5.81. The van der Waals surface area contributed by atoms with Crippen LogP contribution in [0, 0.1) is 23.0 Å². The summed E-state index contributed by atoms with van der Waals surface area (Å²) in [6.07, 6.45) is 1.44. The molecule has 108 valence electrons. The second-order valence-electron chi connectivity index (χ2n) is 4.53. The quantitative estimate of drug-likeness (QED) is 0.781. The van der Waals surface area contributed by atoms with Crippen LogP contribution in [0.1, 0.15) is 5.56 Å². The zero-order valence-corrected chi connectivity index (χ0v) is 11.2. The Morgan fingerprint density at radius 1 is 1.14 bits per heavy atom. The number of hydrogen-bond donors (Lipinski definition) is 1. The number of furan rings is 1. The number of anilines is 1. The summed E-state index contributed by atoms with van der Waals surface area (Å²) in [5, 5.41) is 9.08. The maximum Gasteiger partial charge on any atom is 0.152 e. The average Bonchev–Trinajstić information content (AvgIpc) is 3.01. The van der Waals surface area contributed by atoms with Crippen LogP contribution in [0.25, 0.3) is 22.6 Å². The van der Waals surface area contributed by atoms with E-state index in [0.717, 1.165) is 12.1 Å². The molecule has 2 aromatic heterocycles. The second kappa shape index (κ2) is 5.30. The van der Waals surface area contributed by atoms with Crippen molar-refractivity contribution in [2.45, 2.75) is 0 Å². The number of hydrogen-bond acceptors (Lipinski definition) is 4. The van der Waals surface area contributed by atoms with Crippen molar-refractivity contribution in [1.29, 1.82) is 5.26 Å². The Bertz CT molecular complexity index is 883. The summed E-state index contributed by atoms with van der Waals surface area (Å²) in [5.74, 6) is -1.07. The predicted molar refractivity (Wildman–Crippen MR) is 76.4 cm³/mol. The third-order valence-corrected chi connectivity index (χ3v) is 3.15. The van der Waals surface area contributed by atoms with Crippen molar-refractivity contribution in [1.82, 2.24) is 4.98 Å². The Morgan fingerprint density at radius 2 is 1.95 bits per heavy atom. The molecule has 0 bridgehead atoms. The van der Waals surface area contributed by atoms with Gasteiger partial charge in [-0.1, -0.05) is 0 Å². The molecule has 0 aliphatic carbocycles. The number of halogens is 2. The maximum absolute atomic E-state index is 14.1. The molecular weight excluding hydrogens is 288 g/mol. The lowest BCUT2D eigenvalue weighted by Crippen LogP contribution is -2.00. The predicted octanol–water partition coefficient (Wildman–Crippen LogP) is 3.74. The van der Waals surface area contributed by atoms with Crippen LogP contribution in [-0.4, -0.2) is 4.98 Å². The van der Waals surface area contributed by atoms with Gasteiger partial charge >= 0.3 is 0 Å². The molecule has 0 radical (unpaired) electrons. The maximum atomic E-state index is 14.1. The summed E-state index contributed by atoms with van der Waals surface area (Å²) in [6, 6.07) is 9.78. The molecular formula is C16H9F2N3O. The molecule has 0 spiro atoms. The molecule has 6 heteroatoms. The minimum atomic E-state index is -0.761. The molecule has 0 atom stereocenters. The van der Waals surface area contributed by atoms with E-state index < -0.39 is 11.6 Å². The summed E-state index contributed by atoms with van der Waals surface area (Å²) in [6.45, 7) is 0. The Kier molecular flexibility index (Phi) is 3.31. The van der Waals surface area contributed by atoms with Gasteiger partial charge in [0.1, 0.15) is 29.2 Å². The van der Waals surface area contributed by atoms with E-state index in [2.05, 4.69) is 4.98 Å². The van der Waals surface area contributed by atoms with Gasteiger partial charge in [0.15, 0.2) is 5.76 Å². The minimum Gasteiger partial charge on any atom is -0.463 e. The first-order chi connectivity index (χ1) is 10.6. The van der Waals surface area contributed by atoms with Gasteiger partial charge in [-0.05, 0) is 30.3 Å². The molecule has 2 N–H and O–H groups in total. The summed E-state index contributed by atoms with van der Waals surface area (Å²) in [7, 11) is 0. The Balaban J connectivity index is 2.31. The third-order valence-electron chi connectivity index (χ3n) is 3.15. The van der Waals surface area contributed by atoms with Gasteiger partial charge in [0.2, 0.25) is 0 Å². The van der Waals surface area contributed by atoms with E-state index in [-0.39, 0.29) is 22.6 Å². The smallest absolute Gasteiger partial charge is 0.152 e. The fraction of sp³-hybridized carbons (Fsp3) is 0. The Labute approximate surface area is 124 Å². The van der Waals surface area contributed by atoms with Gasteiger partial charge in [0.25, 0.3) is 0 Å². The Hall–Kier alpha value is -3.20. The van der Waals surface area contributed by atoms with Gasteiger partial charge in [-0.3, -0.25) is 0 Å². The monoisotopic (exact) mass is 297 g/mol. The molecule has 0 saturated heterocycles. The van der Waals surface area contributed by atoms with Gasteiger partial charge in [-0.25, -0.2) is 13.8 Å². The highest BCUT2D eigenvalue weighted by atomic mass is 19.1. The molecule has 3 rings (SSSR count). The lowest BCUT2D eigenvalue weighted by atomic mass is 10.00. The summed E-state index contributed by atoms with van der Waals surface area (Å²) in [4.78, 5) is 4.13. The number of benzene rings is 1. The fourth-order valence-corrected chi connectivity index (χ4v) is 2.13. The number of nitrogens with zero attached hydrogens (tertiary/aromatic N) is 2. The van der Waals surface area contributed by atoms with Crippen molar-refractivity contribution in [3.8, 4) is 28.7 Å². The molecule has 0 unspecified atom stereocenters. The average molecular weight is 297 g/mol. The van der Waals surface area contributed by atoms with Crippen molar-refractivity contribution in [2.24, 2.45) is 0 Å². The largest absolute Gasteiger partial charge is 0.463 e. The summed E-state index contributed by atoms with van der Waals surface area (Å²) in [5.41, 5.74) is 6.52. The first-order valence-electron chi connectivity index (χ1n) is 6.30. The second-order valence-corrected chi connectivity index (χ2v) is 4.53. The first kappa shape index (κ1) is 13.8. The van der Waals surface area contributed by atoms with Gasteiger partial charge in [0.05, 0.1) is 11.8 Å². The van der Waals surface area contributed by atoms with Gasteiger partial charge in [0, 0.05) is 17.2 Å². The van der Waals surface area contributed by atoms with Gasteiger partial charge in [-0.2, -0.15) is 5.26 Å². The number of nitrogens with two attached hydrogens (primary N) is 1. The van der Waals surface area contributed by atoms with Crippen LogP contribution < -0.4 is 5.73 Å². The first-order valence-corrected chi connectivity index (χ1v) is 6.30. The number of rotatable bonds is 2. The van der Waals surface area contributed by atoms with Crippen LogP contribution in [0.4, 0.5) is 14.6 Å². The topological polar surface area (TPSA) is 75.8 Å². The van der Waals surface area contributed by atoms with Crippen LogP contribution in [0.3, 0.4) is 0 Å². The standard InChI is InChI=1S/C16H9F2N3O/c17-10-3-4-11(13(18)7-10)12-6-9(8-19)16(20)21-15(12)14-2-1-5-22-14/h1-7H,(H2,20,21). The zero-order chi connectivity index (χ0) is 15.7. The van der Waals surface area contributed by atoms with Crippen molar-refractivity contribution in [3.63, 3.8) is 0 Å². The van der Waals surface area contributed by atoms with E-state index in [0.29, 0.717) is 11.3 Å². The van der Waals surface area contributed by atoms with Crippen LogP contribution in [0.2, 0.25) is 0 Å².